The number of nitrogens with zero attached hydrogens (tertiary/aromatic N) is 1. The molecule has 1 aromatic rings. The highest BCUT2D eigenvalue weighted by molar-refractivity contribution is 5.81. The number of carbonyl (C=O) groups excluding carboxylic acids is 1. The molecule has 1 amide bonds. The van der Waals surface area contributed by atoms with Crippen molar-refractivity contribution >= 4 is 12.1 Å². The SMILES string of the molecule is CCC(C)[C@@H](NC(=O)Oc1ccc2c3c1OC1[C@@]4(OC)CC[C@@]5(C[C@@H]4[C@@](C)(O)C(C)(C)C)[C@@H](C2)N(CC2CC2)CC[C@]315)C(=O)O. The van der Waals surface area contributed by atoms with Crippen molar-refractivity contribution in [1.82, 2.24) is 10.2 Å². The number of carbonyl (C=O) groups is 2. The molecule has 5 fully saturated rings. The van der Waals surface area contributed by atoms with E-state index in [0.717, 1.165) is 56.7 Å². The fourth-order valence-corrected chi connectivity index (χ4v) is 10.6. The Bertz CT molecular complexity index is 1400. The number of carboxylic acid groups (broad SMARTS) is 1. The van der Waals surface area contributed by atoms with Gasteiger partial charge in [0.15, 0.2) is 11.5 Å². The smallest absolute Gasteiger partial charge is 0.413 e. The zero-order valence-corrected chi connectivity index (χ0v) is 28.1. The predicted octanol–water partition coefficient (Wildman–Crippen LogP) is 5.30. The van der Waals surface area contributed by atoms with Crippen LogP contribution in [0.15, 0.2) is 12.1 Å². The van der Waals surface area contributed by atoms with Crippen LogP contribution in [0, 0.1) is 28.6 Å². The third-order valence-electron chi connectivity index (χ3n) is 13.8. The molecule has 248 valence electrons. The molecule has 45 heavy (non-hydrogen) atoms. The van der Waals surface area contributed by atoms with E-state index < -0.39 is 29.3 Å². The van der Waals surface area contributed by atoms with Gasteiger partial charge in [0.2, 0.25) is 0 Å². The van der Waals surface area contributed by atoms with E-state index in [9.17, 15) is 19.8 Å². The van der Waals surface area contributed by atoms with Gasteiger partial charge >= 0.3 is 12.1 Å². The zero-order valence-electron chi connectivity index (χ0n) is 28.1. The van der Waals surface area contributed by atoms with Crippen molar-refractivity contribution in [2.24, 2.45) is 28.6 Å². The average Bonchev–Trinajstić information content (AvgIpc) is 3.73. The molecular formula is C36H52N2O7. The minimum atomic E-state index is -1.08. The second-order valence-electron chi connectivity index (χ2n) is 16.5. The molecule has 0 radical (unpaired) electrons. The number of amides is 1. The van der Waals surface area contributed by atoms with Crippen LogP contribution in [0.3, 0.4) is 0 Å². The highest BCUT2D eigenvalue weighted by Crippen LogP contribution is 2.78. The zero-order chi connectivity index (χ0) is 32.3. The number of methoxy groups -OCH3 is 1. The van der Waals surface area contributed by atoms with E-state index in [1.165, 1.54) is 18.4 Å². The molecule has 1 aromatic carbocycles. The number of ether oxygens (including phenoxy) is 3. The third-order valence-corrected chi connectivity index (χ3v) is 13.8. The summed E-state index contributed by atoms with van der Waals surface area (Å²) in [7, 11) is 1.78. The number of hydrogen-bond donors (Lipinski definition) is 3. The van der Waals surface area contributed by atoms with Gasteiger partial charge in [-0.05, 0) is 87.3 Å². The average molecular weight is 625 g/mol. The number of likely N-dealkylation sites (tertiary alicyclic amines) is 1. The molecule has 2 aliphatic heterocycles. The Morgan fingerprint density at radius 2 is 1.91 bits per heavy atom. The van der Waals surface area contributed by atoms with Gasteiger partial charge in [0.25, 0.3) is 0 Å². The molecule has 9 heteroatoms. The van der Waals surface area contributed by atoms with E-state index in [2.05, 4.69) is 37.1 Å². The van der Waals surface area contributed by atoms with E-state index in [4.69, 9.17) is 14.2 Å². The van der Waals surface area contributed by atoms with Gasteiger partial charge in [0.1, 0.15) is 17.7 Å². The molecule has 2 heterocycles. The molecule has 9 nitrogen and oxygen atoms in total. The quantitative estimate of drug-likeness (QED) is 0.339. The Morgan fingerprint density at radius 3 is 2.53 bits per heavy atom. The number of carboxylic acids is 1. The number of nitrogens with one attached hydrogen (secondary N) is 1. The topological polar surface area (TPSA) is 118 Å². The molecule has 8 rings (SSSR count). The minimum Gasteiger partial charge on any atom is -0.482 e. The number of rotatable bonds is 9. The molecule has 9 atom stereocenters. The van der Waals surface area contributed by atoms with E-state index in [0.29, 0.717) is 24.0 Å². The molecule has 5 aliphatic carbocycles. The lowest BCUT2D eigenvalue weighted by molar-refractivity contribution is -0.312. The summed E-state index contributed by atoms with van der Waals surface area (Å²) in [6, 6.07) is 3.21. The van der Waals surface area contributed by atoms with Crippen molar-refractivity contribution in [1.29, 1.82) is 0 Å². The standard InChI is InChI=1S/C36H52N2O7/c1-8-20(2)27(29(39)40)37-31(41)44-23-12-11-22-17-25-34-13-14-36(43-7,24(18-34)33(6,42)32(3,4)5)30-35(34,26(22)28(23)45-30)15-16-38(25)19-21-9-10-21/h11-12,20-21,24-25,27,30,42H,8-10,13-19H2,1-7H3,(H,37,41)(H,39,40)/t20?,24-,25-,27-,30?,33-,34-,35+,36-/m1/s1. The predicted molar refractivity (Wildman–Crippen MR) is 169 cm³/mol. The van der Waals surface area contributed by atoms with Gasteiger partial charge in [-0.15, -0.1) is 0 Å². The number of hydrogen-bond acceptors (Lipinski definition) is 7. The maximum absolute atomic E-state index is 13.2. The Labute approximate surface area is 267 Å². The fourth-order valence-electron chi connectivity index (χ4n) is 10.6. The maximum Gasteiger partial charge on any atom is 0.413 e. The Kier molecular flexibility index (Phi) is 6.99. The van der Waals surface area contributed by atoms with Gasteiger partial charge in [-0.3, -0.25) is 4.90 Å². The van der Waals surface area contributed by atoms with Crippen LogP contribution in [0.5, 0.6) is 11.5 Å². The van der Waals surface area contributed by atoms with Gasteiger partial charge in [-0.25, -0.2) is 9.59 Å². The van der Waals surface area contributed by atoms with Gasteiger partial charge in [-0.1, -0.05) is 47.1 Å². The Hall–Kier alpha value is -2.36. The van der Waals surface area contributed by atoms with E-state index in [-0.39, 0.29) is 34.2 Å². The molecular weight excluding hydrogens is 572 g/mol. The highest BCUT2D eigenvalue weighted by Gasteiger charge is 2.82. The Morgan fingerprint density at radius 1 is 1.18 bits per heavy atom. The summed E-state index contributed by atoms with van der Waals surface area (Å²) in [5, 5.41) is 24.8. The summed E-state index contributed by atoms with van der Waals surface area (Å²) in [5.74, 6) is 0.206. The molecule has 4 bridgehead atoms. The van der Waals surface area contributed by atoms with Gasteiger partial charge in [-0.2, -0.15) is 0 Å². The highest BCUT2D eigenvalue weighted by atomic mass is 16.6. The summed E-state index contributed by atoms with van der Waals surface area (Å²) >= 11 is 0. The van der Waals surface area contributed by atoms with Crippen LogP contribution in [-0.4, -0.2) is 76.8 Å². The van der Waals surface area contributed by atoms with Gasteiger partial charge in [0.05, 0.1) is 5.60 Å². The minimum absolute atomic E-state index is 0.116. The van der Waals surface area contributed by atoms with Crippen molar-refractivity contribution < 1.29 is 34.0 Å². The van der Waals surface area contributed by atoms with Crippen molar-refractivity contribution in [3.8, 4) is 11.5 Å². The first kappa shape index (κ1) is 31.3. The lowest BCUT2D eigenvalue weighted by Gasteiger charge is -2.75. The van der Waals surface area contributed by atoms with Crippen molar-refractivity contribution in [2.45, 2.75) is 128 Å². The molecule has 3 N–H and O–H groups in total. The largest absolute Gasteiger partial charge is 0.482 e. The summed E-state index contributed by atoms with van der Waals surface area (Å²) < 4.78 is 19.7. The Balaban J connectivity index is 1.35. The van der Waals surface area contributed by atoms with Crippen LogP contribution in [0.2, 0.25) is 0 Å². The van der Waals surface area contributed by atoms with Crippen LogP contribution in [0.4, 0.5) is 4.79 Å². The molecule has 2 unspecified atom stereocenters. The number of benzene rings is 1. The van der Waals surface area contributed by atoms with Crippen LogP contribution in [0.1, 0.15) is 97.6 Å². The summed E-state index contributed by atoms with van der Waals surface area (Å²) in [5.41, 5.74) is -0.164. The second kappa shape index (κ2) is 10.1. The number of aliphatic hydroxyl groups is 1. The van der Waals surface area contributed by atoms with Crippen LogP contribution in [-0.2, 0) is 21.4 Å². The third kappa shape index (κ3) is 4.08. The van der Waals surface area contributed by atoms with Crippen molar-refractivity contribution in [3.63, 3.8) is 0 Å². The van der Waals surface area contributed by atoms with Crippen LogP contribution in [0.25, 0.3) is 0 Å². The number of fused-ring (bicyclic) bond motifs is 2. The first-order valence-corrected chi connectivity index (χ1v) is 17.2. The van der Waals surface area contributed by atoms with Gasteiger partial charge in [0, 0.05) is 42.0 Å². The summed E-state index contributed by atoms with van der Waals surface area (Å²) in [6.07, 6.45) is 6.59. The summed E-state index contributed by atoms with van der Waals surface area (Å²) in [6.45, 7) is 14.2. The molecule has 4 saturated carbocycles. The van der Waals surface area contributed by atoms with Crippen molar-refractivity contribution in [2.75, 3.05) is 20.2 Å². The molecule has 2 spiro atoms. The van der Waals surface area contributed by atoms with E-state index >= 15 is 0 Å². The van der Waals surface area contributed by atoms with Crippen LogP contribution < -0.4 is 14.8 Å². The number of aliphatic carboxylic acids is 1. The van der Waals surface area contributed by atoms with E-state index in [1.807, 2.05) is 19.9 Å². The fraction of sp³-hybridized carbons (Fsp3) is 0.778. The lowest BCUT2D eigenvalue weighted by atomic mass is 9.33. The first-order chi connectivity index (χ1) is 21.2. The lowest BCUT2D eigenvalue weighted by Crippen LogP contribution is -2.83. The first-order valence-electron chi connectivity index (χ1n) is 17.2. The number of piperidine rings is 1. The van der Waals surface area contributed by atoms with E-state index in [1.54, 1.807) is 14.0 Å². The molecule has 0 aromatic heterocycles. The second-order valence-corrected chi connectivity index (χ2v) is 16.5. The maximum atomic E-state index is 13.2. The monoisotopic (exact) mass is 624 g/mol. The molecule has 1 saturated heterocycles. The van der Waals surface area contributed by atoms with Crippen LogP contribution >= 0.6 is 0 Å². The summed E-state index contributed by atoms with van der Waals surface area (Å²) in [4.78, 5) is 27.9. The molecule has 7 aliphatic rings. The van der Waals surface area contributed by atoms with Crippen molar-refractivity contribution in [3.05, 3.63) is 23.3 Å². The van der Waals surface area contributed by atoms with Gasteiger partial charge < -0.3 is 29.7 Å². The normalized spacial score (nSPS) is 37.2.